The van der Waals surface area contributed by atoms with E-state index in [0.717, 1.165) is 32.6 Å². The number of carbonyl (C=O) groups is 1. The quantitative estimate of drug-likeness (QED) is 0.734. The number of nitrogens with one attached hydrogen (secondary N) is 1. The molecule has 118 valence electrons. The highest BCUT2D eigenvalue weighted by Crippen LogP contribution is 2.22. The Morgan fingerprint density at radius 3 is 2.74 bits per heavy atom. The number of imidazole rings is 1. The van der Waals surface area contributed by atoms with Crippen molar-refractivity contribution in [3.05, 3.63) is 63.5 Å². The number of aromatic nitrogens is 2. The van der Waals surface area contributed by atoms with Gasteiger partial charge in [-0.3, -0.25) is 9.20 Å². The summed E-state index contributed by atoms with van der Waals surface area (Å²) in [6.45, 7) is 6.01. The van der Waals surface area contributed by atoms with E-state index in [1.165, 1.54) is 0 Å². The number of nitrogens with zero attached hydrogens (tertiary/aromatic N) is 2. The number of aryl methyl sites for hydroxylation is 3. The third kappa shape index (κ3) is 2.88. The van der Waals surface area contributed by atoms with Crippen molar-refractivity contribution in [2.45, 2.75) is 27.2 Å². The second kappa shape index (κ2) is 6.16. The molecule has 3 aromatic rings. The van der Waals surface area contributed by atoms with Gasteiger partial charge in [0.2, 0.25) is 0 Å². The molecule has 0 aliphatic carbocycles. The maximum absolute atomic E-state index is 12.8. The number of fused-ring (bicyclic) bond motifs is 1. The van der Waals surface area contributed by atoms with E-state index in [4.69, 9.17) is 0 Å². The van der Waals surface area contributed by atoms with Crippen LogP contribution in [0.25, 0.3) is 5.65 Å². The zero-order valence-electron chi connectivity index (χ0n) is 13.4. The van der Waals surface area contributed by atoms with Crippen molar-refractivity contribution in [2.24, 2.45) is 0 Å². The molecule has 23 heavy (non-hydrogen) atoms. The molecule has 0 saturated heterocycles. The Bertz CT molecular complexity index is 899. The van der Waals surface area contributed by atoms with Crippen molar-refractivity contribution in [2.75, 3.05) is 5.32 Å². The van der Waals surface area contributed by atoms with Gasteiger partial charge in [0.15, 0.2) is 0 Å². The lowest BCUT2D eigenvalue weighted by molar-refractivity contribution is 0.102. The van der Waals surface area contributed by atoms with Gasteiger partial charge in [-0.15, -0.1) is 0 Å². The molecule has 0 fully saturated rings. The molecule has 0 spiro atoms. The van der Waals surface area contributed by atoms with Crippen molar-refractivity contribution in [1.82, 2.24) is 9.38 Å². The van der Waals surface area contributed by atoms with E-state index in [1.54, 1.807) is 0 Å². The lowest BCUT2D eigenvalue weighted by Gasteiger charge is -2.08. The van der Waals surface area contributed by atoms with Crippen LogP contribution in [-0.2, 0) is 6.42 Å². The minimum atomic E-state index is -0.137. The summed E-state index contributed by atoms with van der Waals surface area (Å²) in [6.07, 6.45) is 2.60. The van der Waals surface area contributed by atoms with E-state index in [0.29, 0.717) is 12.1 Å². The van der Waals surface area contributed by atoms with Crippen LogP contribution in [0.4, 0.5) is 5.69 Å². The van der Waals surface area contributed by atoms with Crippen LogP contribution in [0.1, 0.15) is 34.2 Å². The molecule has 0 unspecified atom stereocenters. The standard InChI is InChI=1S/C18H18BrN3O/c1-4-15-16(22-9-5-6-11(2)17(22)21-15)18(23)20-13-7-8-14(19)12(3)10-13/h5-10H,4H2,1-3H3,(H,20,23). The lowest BCUT2D eigenvalue weighted by atomic mass is 10.2. The van der Waals surface area contributed by atoms with Crippen LogP contribution in [-0.4, -0.2) is 15.3 Å². The summed E-state index contributed by atoms with van der Waals surface area (Å²) in [4.78, 5) is 17.4. The summed E-state index contributed by atoms with van der Waals surface area (Å²) in [7, 11) is 0. The molecule has 0 aliphatic rings. The molecule has 0 bridgehead atoms. The Morgan fingerprint density at radius 2 is 2.04 bits per heavy atom. The minimum Gasteiger partial charge on any atom is -0.321 e. The number of anilines is 1. The maximum atomic E-state index is 12.8. The topological polar surface area (TPSA) is 46.4 Å². The molecule has 2 heterocycles. The van der Waals surface area contributed by atoms with Gasteiger partial charge >= 0.3 is 0 Å². The zero-order valence-corrected chi connectivity index (χ0v) is 14.9. The average molecular weight is 372 g/mol. The normalized spacial score (nSPS) is 11.0. The fourth-order valence-corrected chi connectivity index (χ4v) is 2.90. The van der Waals surface area contributed by atoms with Crippen LogP contribution in [0.3, 0.4) is 0 Å². The number of pyridine rings is 1. The second-order valence-corrected chi connectivity index (χ2v) is 6.42. The first-order valence-corrected chi connectivity index (χ1v) is 8.34. The van der Waals surface area contributed by atoms with Gasteiger partial charge in [0.1, 0.15) is 11.3 Å². The van der Waals surface area contributed by atoms with Crippen molar-refractivity contribution in [3.63, 3.8) is 0 Å². The van der Waals surface area contributed by atoms with Crippen molar-refractivity contribution >= 4 is 33.2 Å². The zero-order chi connectivity index (χ0) is 16.6. The molecular weight excluding hydrogens is 354 g/mol. The van der Waals surface area contributed by atoms with E-state index in [-0.39, 0.29) is 5.91 Å². The Labute approximate surface area is 143 Å². The van der Waals surface area contributed by atoms with Crippen LogP contribution < -0.4 is 5.32 Å². The highest BCUT2D eigenvalue weighted by molar-refractivity contribution is 9.10. The SMILES string of the molecule is CCc1nc2c(C)cccn2c1C(=O)Nc1ccc(Br)c(C)c1. The molecule has 4 nitrogen and oxygen atoms in total. The van der Waals surface area contributed by atoms with Crippen molar-refractivity contribution in [3.8, 4) is 0 Å². The highest BCUT2D eigenvalue weighted by atomic mass is 79.9. The van der Waals surface area contributed by atoms with Gasteiger partial charge in [-0.1, -0.05) is 28.9 Å². The third-order valence-corrected chi connectivity index (χ3v) is 4.77. The van der Waals surface area contributed by atoms with Gasteiger partial charge < -0.3 is 5.32 Å². The van der Waals surface area contributed by atoms with Crippen LogP contribution in [0.5, 0.6) is 0 Å². The first kappa shape index (κ1) is 15.7. The molecule has 1 N–H and O–H groups in total. The van der Waals surface area contributed by atoms with Crippen LogP contribution in [0.2, 0.25) is 0 Å². The Balaban J connectivity index is 2.03. The predicted octanol–water partition coefficient (Wildman–Crippen LogP) is 4.53. The predicted molar refractivity (Wildman–Crippen MR) is 96.1 cm³/mol. The molecule has 0 saturated carbocycles. The number of benzene rings is 1. The van der Waals surface area contributed by atoms with Crippen molar-refractivity contribution in [1.29, 1.82) is 0 Å². The van der Waals surface area contributed by atoms with Gasteiger partial charge in [0.05, 0.1) is 5.69 Å². The number of hydrogen-bond donors (Lipinski definition) is 1. The number of amides is 1. The molecule has 0 atom stereocenters. The number of hydrogen-bond acceptors (Lipinski definition) is 2. The molecule has 1 aromatic carbocycles. The Morgan fingerprint density at radius 1 is 1.26 bits per heavy atom. The Kier molecular flexibility index (Phi) is 4.22. The second-order valence-electron chi connectivity index (χ2n) is 5.56. The molecule has 0 aliphatic heterocycles. The van der Waals surface area contributed by atoms with Crippen molar-refractivity contribution < 1.29 is 4.79 Å². The largest absolute Gasteiger partial charge is 0.321 e. The summed E-state index contributed by atoms with van der Waals surface area (Å²) in [5.41, 5.74) is 5.16. The fourth-order valence-electron chi connectivity index (χ4n) is 2.65. The first-order chi connectivity index (χ1) is 11.0. The first-order valence-electron chi connectivity index (χ1n) is 7.55. The van der Waals surface area contributed by atoms with E-state index in [9.17, 15) is 4.79 Å². The lowest BCUT2D eigenvalue weighted by Crippen LogP contribution is -2.16. The van der Waals surface area contributed by atoms with Crippen LogP contribution >= 0.6 is 15.9 Å². The fraction of sp³-hybridized carbons (Fsp3) is 0.222. The molecule has 2 aromatic heterocycles. The van der Waals surface area contributed by atoms with E-state index >= 15 is 0 Å². The van der Waals surface area contributed by atoms with Gasteiger partial charge in [-0.05, 0) is 55.7 Å². The summed E-state index contributed by atoms with van der Waals surface area (Å²) >= 11 is 3.47. The minimum absolute atomic E-state index is 0.137. The molecule has 5 heteroatoms. The summed E-state index contributed by atoms with van der Waals surface area (Å²) in [5.74, 6) is -0.137. The smallest absolute Gasteiger partial charge is 0.274 e. The molecule has 3 rings (SSSR count). The highest BCUT2D eigenvalue weighted by Gasteiger charge is 2.19. The summed E-state index contributed by atoms with van der Waals surface area (Å²) < 4.78 is 2.89. The van der Waals surface area contributed by atoms with Gasteiger partial charge in [0.25, 0.3) is 5.91 Å². The maximum Gasteiger partial charge on any atom is 0.274 e. The summed E-state index contributed by atoms with van der Waals surface area (Å²) in [6, 6.07) is 9.70. The molecular formula is C18H18BrN3O. The molecule has 1 amide bonds. The van der Waals surface area contributed by atoms with Gasteiger partial charge in [-0.25, -0.2) is 4.98 Å². The van der Waals surface area contributed by atoms with Crippen LogP contribution in [0, 0.1) is 13.8 Å². The average Bonchev–Trinajstić information content (AvgIpc) is 2.91. The Hall–Kier alpha value is -2.14. The van der Waals surface area contributed by atoms with E-state index in [1.807, 2.05) is 61.7 Å². The van der Waals surface area contributed by atoms with E-state index in [2.05, 4.69) is 26.2 Å². The van der Waals surface area contributed by atoms with E-state index < -0.39 is 0 Å². The number of carbonyl (C=O) groups excluding carboxylic acids is 1. The molecule has 0 radical (unpaired) electrons. The van der Waals surface area contributed by atoms with Gasteiger partial charge in [0, 0.05) is 16.4 Å². The monoisotopic (exact) mass is 371 g/mol. The van der Waals surface area contributed by atoms with Crippen LogP contribution in [0.15, 0.2) is 41.0 Å². The summed E-state index contributed by atoms with van der Waals surface area (Å²) in [5, 5.41) is 2.98. The van der Waals surface area contributed by atoms with Gasteiger partial charge in [-0.2, -0.15) is 0 Å². The third-order valence-electron chi connectivity index (χ3n) is 3.88. The number of halogens is 1. The number of rotatable bonds is 3.